The summed E-state index contributed by atoms with van der Waals surface area (Å²) in [4.78, 5) is 11.0. The number of hydrogen-bond donors (Lipinski definition) is 1. The van der Waals surface area contributed by atoms with Crippen LogP contribution in [0.3, 0.4) is 0 Å². The molecule has 0 radical (unpaired) electrons. The Morgan fingerprint density at radius 2 is 2.05 bits per heavy atom. The van der Waals surface area contributed by atoms with Crippen molar-refractivity contribution < 1.29 is 27.1 Å². The highest BCUT2D eigenvalue weighted by molar-refractivity contribution is 5.88. The average Bonchev–Trinajstić information content (AvgIpc) is 2.28. The SMILES string of the molecule is CCOC(=O)/C=C/c1cc(F)c(C(F)(F)F)cc1N. The summed E-state index contributed by atoms with van der Waals surface area (Å²) in [6, 6.07) is 1.11. The van der Waals surface area contributed by atoms with Crippen LogP contribution >= 0.6 is 0 Å². The maximum Gasteiger partial charge on any atom is 0.419 e. The lowest BCUT2D eigenvalue weighted by molar-refractivity contribution is -0.140. The molecule has 0 aliphatic heterocycles. The van der Waals surface area contributed by atoms with Gasteiger partial charge in [-0.05, 0) is 25.1 Å². The lowest BCUT2D eigenvalue weighted by Gasteiger charge is -2.10. The number of ether oxygens (including phenoxy) is 1. The summed E-state index contributed by atoms with van der Waals surface area (Å²) in [5, 5.41) is 0. The Kier molecular flexibility index (Phi) is 4.52. The van der Waals surface area contributed by atoms with Crippen molar-refractivity contribution >= 4 is 17.7 Å². The third-order valence-electron chi connectivity index (χ3n) is 2.16. The summed E-state index contributed by atoms with van der Waals surface area (Å²) in [6.07, 6.45) is -2.76. The normalized spacial score (nSPS) is 11.8. The minimum atomic E-state index is -4.82. The van der Waals surface area contributed by atoms with Crippen LogP contribution in [0.1, 0.15) is 18.1 Å². The quantitative estimate of drug-likeness (QED) is 0.400. The van der Waals surface area contributed by atoms with Crippen LogP contribution in [-0.2, 0) is 15.7 Å². The van der Waals surface area contributed by atoms with Crippen LogP contribution in [0.4, 0.5) is 23.2 Å². The van der Waals surface area contributed by atoms with E-state index in [-0.39, 0.29) is 17.9 Å². The summed E-state index contributed by atoms with van der Waals surface area (Å²) < 4.78 is 55.0. The predicted octanol–water partition coefficient (Wildman–Crippen LogP) is 3.00. The zero-order chi connectivity index (χ0) is 14.6. The fourth-order valence-corrected chi connectivity index (χ4v) is 1.32. The Morgan fingerprint density at radius 3 is 2.58 bits per heavy atom. The van der Waals surface area contributed by atoms with Crippen molar-refractivity contribution in [1.29, 1.82) is 0 Å². The van der Waals surface area contributed by atoms with Crippen molar-refractivity contribution in [1.82, 2.24) is 0 Å². The molecule has 0 bridgehead atoms. The molecule has 0 aliphatic rings. The number of esters is 1. The Morgan fingerprint density at radius 1 is 1.42 bits per heavy atom. The van der Waals surface area contributed by atoms with Crippen molar-refractivity contribution in [2.45, 2.75) is 13.1 Å². The monoisotopic (exact) mass is 277 g/mol. The Balaban J connectivity index is 3.06. The van der Waals surface area contributed by atoms with Crippen LogP contribution in [-0.4, -0.2) is 12.6 Å². The standard InChI is InChI=1S/C12H11F4NO2/c1-2-19-11(18)4-3-7-5-9(13)8(6-10(7)17)12(14,15)16/h3-6H,2,17H2,1H3/b4-3+. The van der Waals surface area contributed by atoms with Crippen molar-refractivity contribution in [3.63, 3.8) is 0 Å². The molecule has 0 spiro atoms. The van der Waals surface area contributed by atoms with Gasteiger partial charge in [-0.15, -0.1) is 0 Å². The van der Waals surface area contributed by atoms with E-state index in [1.165, 1.54) is 0 Å². The molecule has 1 aromatic rings. The first-order valence-electron chi connectivity index (χ1n) is 5.26. The van der Waals surface area contributed by atoms with Gasteiger partial charge in [-0.2, -0.15) is 13.2 Å². The molecule has 0 unspecified atom stereocenters. The predicted molar refractivity (Wildman–Crippen MR) is 61.5 cm³/mol. The van der Waals surface area contributed by atoms with Gasteiger partial charge >= 0.3 is 12.1 Å². The van der Waals surface area contributed by atoms with Crippen molar-refractivity contribution in [2.75, 3.05) is 12.3 Å². The van der Waals surface area contributed by atoms with Crippen LogP contribution in [0.15, 0.2) is 18.2 Å². The van der Waals surface area contributed by atoms with Gasteiger partial charge in [0.1, 0.15) is 5.82 Å². The molecular weight excluding hydrogens is 266 g/mol. The number of halogens is 4. The second-order valence-electron chi connectivity index (χ2n) is 3.54. The van der Waals surface area contributed by atoms with Gasteiger partial charge in [0.15, 0.2) is 0 Å². The van der Waals surface area contributed by atoms with Crippen LogP contribution < -0.4 is 5.73 Å². The van der Waals surface area contributed by atoms with Gasteiger partial charge in [0.2, 0.25) is 0 Å². The van der Waals surface area contributed by atoms with E-state index in [9.17, 15) is 22.4 Å². The second-order valence-corrected chi connectivity index (χ2v) is 3.54. The fraction of sp³-hybridized carbons (Fsp3) is 0.250. The lowest BCUT2D eigenvalue weighted by Crippen LogP contribution is -2.09. The molecule has 0 saturated heterocycles. The minimum Gasteiger partial charge on any atom is -0.463 e. The fourth-order valence-electron chi connectivity index (χ4n) is 1.32. The molecule has 1 aromatic carbocycles. The molecule has 0 aliphatic carbocycles. The number of nitrogens with two attached hydrogens (primary N) is 1. The summed E-state index contributed by atoms with van der Waals surface area (Å²) in [5.41, 5.74) is 3.62. The number of hydrogen-bond acceptors (Lipinski definition) is 3. The topological polar surface area (TPSA) is 52.3 Å². The Hall–Kier alpha value is -2.05. The second kappa shape index (κ2) is 5.73. The van der Waals surface area contributed by atoms with Gasteiger partial charge in [0, 0.05) is 17.3 Å². The third kappa shape index (κ3) is 3.97. The number of alkyl halides is 3. The van der Waals surface area contributed by atoms with E-state index in [1.807, 2.05) is 0 Å². The molecule has 1 rings (SSSR count). The molecule has 19 heavy (non-hydrogen) atoms. The molecule has 104 valence electrons. The van der Waals surface area contributed by atoms with E-state index >= 15 is 0 Å². The molecule has 0 aromatic heterocycles. The van der Waals surface area contributed by atoms with Crippen molar-refractivity contribution in [2.24, 2.45) is 0 Å². The van der Waals surface area contributed by atoms with Crippen LogP contribution in [0.25, 0.3) is 6.08 Å². The zero-order valence-corrected chi connectivity index (χ0v) is 9.92. The zero-order valence-electron chi connectivity index (χ0n) is 9.92. The first kappa shape index (κ1) is 15.0. The number of benzene rings is 1. The summed E-state index contributed by atoms with van der Waals surface area (Å²) >= 11 is 0. The first-order chi connectivity index (χ1) is 8.75. The molecule has 7 heteroatoms. The van der Waals surface area contributed by atoms with Crippen molar-refractivity contribution in [3.05, 3.63) is 35.2 Å². The molecular formula is C12H11F4NO2. The molecule has 0 saturated carbocycles. The summed E-state index contributed by atoms with van der Waals surface area (Å²) in [5.74, 6) is -2.15. The number of rotatable bonds is 3. The largest absolute Gasteiger partial charge is 0.463 e. The number of carbonyl (C=O) groups is 1. The van der Waals surface area contributed by atoms with Gasteiger partial charge in [-0.25, -0.2) is 9.18 Å². The van der Waals surface area contributed by atoms with Gasteiger partial charge in [0.25, 0.3) is 0 Å². The molecule has 0 heterocycles. The van der Waals surface area contributed by atoms with Gasteiger partial charge in [0.05, 0.1) is 12.2 Å². The van der Waals surface area contributed by atoms with Crippen molar-refractivity contribution in [3.8, 4) is 0 Å². The molecule has 3 nitrogen and oxygen atoms in total. The van der Waals surface area contributed by atoms with E-state index in [2.05, 4.69) is 4.74 Å². The van der Waals surface area contributed by atoms with E-state index in [0.717, 1.165) is 12.2 Å². The third-order valence-corrected chi connectivity index (χ3v) is 2.16. The van der Waals surface area contributed by atoms with Crippen LogP contribution in [0.5, 0.6) is 0 Å². The Labute approximate surface area is 106 Å². The smallest absolute Gasteiger partial charge is 0.419 e. The van der Waals surface area contributed by atoms with Crippen LogP contribution in [0, 0.1) is 5.82 Å². The number of nitrogen functional groups attached to an aromatic ring is 1. The highest BCUT2D eigenvalue weighted by Gasteiger charge is 2.34. The molecule has 0 fully saturated rings. The van der Waals surface area contributed by atoms with Gasteiger partial charge in [-0.3, -0.25) is 0 Å². The van der Waals surface area contributed by atoms with E-state index in [0.29, 0.717) is 12.1 Å². The van der Waals surface area contributed by atoms with Crippen LogP contribution in [0.2, 0.25) is 0 Å². The maximum absolute atomic E-state index is 13.3. The highest BCUT2D eigenvalue weighted by Crippen LogP contribution is 2.34. The van der Waals surface area contributed by atoms with E-state index < -0.39 is 23.5 Å². The summed E-state index contributed by atoms with van der Waals surface area (Å²) in [6.45, 7) is 1.75. The highest BCUT2D eigenvalue weighted by atomic mass is 19.4. The Bertz CT molecular complexity index is 509. The van der Waals surface area contributed by atoms with E-state index in [1.54, 1.807) is 6.92 Å². The number of anilines is 1. The maximum atomic E-state index is 13.3. The minimum absolute atomic E-state index is 0.0291. The molecule has 2 N–H and O–H groups in total. The summed E-state index contributed by atoms with van der Waals surface area (Å²) in [7, 11) is 0. The van der Waals surface area contributed by atoms with Gasteiger partial charge < -0.3 is 10.5 Å². The van der Waals surface area contributed by atoms with Gasteiger partial charge in [-0.1, -0.05) is 0 Å². The first-order valence-corrected chi connectivity index (χ1v) is 5.26. The average molecular weight is 277 g/mol. The molecule has 0 amide bonds. The lowest BCUT2D eigenvalue weighted by atomic mass is 10.1. The van der Waals surface area contributed by atoms with E-state index in [4.69, 9.17) is 5.73 Å². The number of carbonyl (C=O) groups excluding carboxylic acids is 1. The molecule has 0 atom stereocenters.